The molecule has 0 atom stereocenters. The summed E-state index contributed by atoms with van der Waals surface area (Å²) in [7, 11) is 0. The van der Waals surface area contributed by atoms with Gasteiger partial charge in [0, 0.05) is 36.7 Å². The Morgan fingerprint density at radius 2 is 2.07 bits per heavy atom. The van der Waals surface area contributed by atoms with E-state index in [-0.39, 0.29) is 23.5 Å². The van der Waals surface area contributed by atoms with Crippen molar-refractivity contribution < 1.29 is 9.90 Å². The fourth-order valence-corrected chi connectivity index (χ4v) is 4.44. The second kappa shape index (κ2) is 7.35. The second-order valence-electron chi connectivity index (χ2n) is 7.60. The maximum absolute atomic E-state index is 12.7. The molecule has 1 amide bonds. The minimum atomic E-state index is -0.265. The zero-order chi connectivity index (χ0) is 19.7. The fraction of sp³-hybridized carbons (Fsp3) is 0.500. The summed E-state index contributed by atoms with van der Waals surface area (Å²) in [5, 5.41) is 12.3. The number of nitrogens with zero attached hydrogens (tertiary/aromatic N) is 3. The molecule has 0 unspecified atom stereocenters. The molecule has 1 aliphatic heterocycles. The first kappa shape index (κ1) is 18.6. The Morgan fingerprint density at radius 1 is 1.29 bits per heavy atom. The zero-order valence-corrected chi connectivity index (χ0v) is 16.0. The number of aromatic nitrogens is 3. The van der Waals surface area contributed by atoms with E-state index in [9.17, 15) is 9.59 Å². The monoisotopic (exact) mass is 383 g/mol. The topological polar surface area (TPSA) is 111 Å². The smallest absolute Gasteiger partial charge is 0.270 e. The highest BCUT2D eigenvalue weighted by Gasteiger charge is 2.44. The molecule has 1 saturated heterocycles. The average molecular weight is 383 g/mol. The number of H-pyrrole nitrogens is 1. The number of piperidine rings is 1. The summed E-state index contributed by atoms with van der Waals surface area (Å²) >= 11 is 0. The Bertz CT molecular complexity index is 947. The first-order valence-electron chi connectivity index (χ1n) is 9.74. The quantitative estimate of drug-likeness (QED) is 0.726. The van der Waals surface area contributed by atoms with E-state index in [0.717, 1.165) is 48.6 Å². The molecule has 1 spiro atoms. The van der Waals surface area contributed by atoms with Crippen LogP contribution in [0.5, 0.6) is 0 Å². The van der Waals surface area contributed by atoms with Crippen molar-refractivity contribution in [2.24, 2.45) is 0 Å². The van der Waals surface area contributed by atoms with Crippen molar-refractivity contribution >= 4 is 11.7 Å². The molecule has 8 nitrogen and oxygen atoms in total. The molecule has 8 heteroatoms. The highest BCUT2D eigenvalue weighted by atomic mass is 16.3. The third-order valence-corrected chi connectivity index (χ3v) is 5.89. The number of nitrogens with one attached hydrogen (secondary N) is 2. The maximum atomic E-state index is 12.7. The summed E-state index contributed by atoms with van der Waals surface area (Å²) in [5.74, 6) is 1.42. The lowest BCUT2D eigenvalue weighted by molar-refractivity contribution is 0.0657. The van der Waals surface area contributed by atoms with Gasteiger partial charge in [0.25, 0.3) is 5.91 Å². The van der Waals surface area contributed by atoms with Gasteiger partial charge in [-0.05, 0) is 38.7 Å². The number of amides is 1. The Kier molecular flexibility index (Phi) is 4.89. The Hall–Kier alpha value is -2.74. The normalized spacial score (nSPS) is 17.6. The number of anilines is 1. The van der Waals surface area contributed by atoms with Crippen LogP contribution in [0, 0.1) is 6.92 Å². The van der Waals surface area contributed by atoms with Gasteiger partial charge in [-0.3, -0.25) is 9.59 Å². The molecule has 28 heavy (non-hydrogen) atoms. The number of carbonyl (C=O) groups is 1. The summed E-state index contributed by atoms with van der Waals surface area (Å²) in [4.78, 5) is 37.9. The molecule has 4 rings (SSSR count). The highest BCUT2D eigenvalue weighted by molar-refractivity contribution is 5.92. The van der Waals surface area contributed by atoms with Crippen LogP contribution in [-0.4, -0.2) is 57.1 Å². The molecule has 2 aromatic heterocycles. The third-order valence-electron chi connectivity index (χ3n) is 5.89. The van der Waals surface area contributed by atoms with Gasteiger partial charge < -0.3 is 20.3 Å². The zero-order valence-electron chi connectivity index (χ0n) is 16.0. The van der Waals surface area contributed by atoms with E-state index >= 15 is 0 Å². The minimum Gasteiger partial charge on any atom is -0.395 e. The van der Waals surface area contributed by atoms with Crippen LogP contribution in [0.4, 0.5) is 5.82 Å². The number of aliphatic hydroxyl groups is 1. The van der Waals surface area contributed by atoms with Crippen LogP contribution in [0.25, 0.3) is 0 Å². The number of fused-ring (bicyclic) bond motifs is 2. The lowest BCUT2D eigenvalue weighted by Crippen LogP contribution is -2.45. The first-order valence-corrected chi connectivity index (χ1v) is 9.74. The lowest BCUT2D eigenvalue weighted by atomic mass is 9.76. The van der Waals surface area contributed by atoms with Gasteiger partial charge in [-0.2, -0.15) is 0 Å². The van der Waals surface area contributed by atoms with Crippen LogP contribution in [0.1, 0.15) is 46.8 Å². The van der Waals surface area contributed by atoms with Crippen LogP contribution >= 0.6 is 0 Å². The molecule has 0 aromatic carbocycles. The van der Waals surface area contributed by atoms with Crippen molar-refractivity contribution in [2.75, 3.05) is 31.6 Å². The van der Waals surface area contributed by atoms with Crippen molar-refractivity contribution in [3.63, 3.8) is 0 Å². The van der Waals surface area contributed by atoms with Gasteiger partial charge in [0.15, 0.2) is 0 Å². The van der Waals surface area contributed by atoms with Crippen LogP contribution < -0.4 is 10.9 Å². The number of hydrogen-bond acceptors (Lipinski definition) is 6. The molecule has 0 radical (unpaired) electrons. The molecule has 3 N–H and O–H groups in total. The van der Waals surface area contributed by atoms with Crippen molar-refractivity contribution in [3.8, 4) is 0 Å². The Balaban J connectivity index is 1.54. The van der Waals surface area contributed by atoms with Crippen LogP contribution in [0.3, 0.4) is 0 Å². The van der Waals surface area contributed by atoms with Gasteiger partial charge >= 0.3 is 0 Å². The summed E-state index contributed by atoms with van der Waals surface area (Å²) in [6.07, 6.45) is 3.60. The van der Waals surface area contributed by atoms with Crippen LogP contribution in [-0.2, 0) is 11.8 Å². The van der Waals surface area contributed by atoms with E-state index in [1.165, 1.54) is 6.07 Å². The Labute approximate surface area is 163 Å². The van der Waals surface area contributed by atoms with E-state index in [1.54, 1.807) is 12.1 Å². The SMILES string of the molecule is Cc1nc(NCCO)c2c(n1)C1(CC2)CCN(C(=O)c2cccc(=O)[nH]2)CC1. The summed E-state index contributed by atoms with van der Waals surface area (Å²) < 4.78 is 0. The van der Waals surface area contributed by atoms with Gasteiger partial charge in [0.1, 0.15) is 17.3 Å². The minimum absolute atomic E-state index is 0.0282. The maximum Gasteiger partial charge on any atom is 0.270 e. The summed E-state index contributed by atoms with van der Waals surface area (Å²) in [5.41, 5.74) is 2.29. The molecular weight excluding hydrogens is 358 g/mol. The third kappa shape index (κ3) is 3.28. The number of likely N-dealkylation sites (tertiary alicyclic amines) is 1. The van der Waals surface area contributed by atoms with Gasteiger partial charge in [0.05, 0.1) is 12.3 Å². The van der Waals surface area contributed by atoms with Crippen molar-refractivity contribution in [1.82, 2.24) is 19.9 Å². The lowest BCUT2D eigenvalue weighted by Gasteiger charge is -2.39. The molecule has 1 fully saturated rings. The molecular formula is C20H25N5O3. The number of aromatic amines is 1. The van der Waals surface area contributed by atoms with Crippen LogP contribution in [0.15, 0.2) is 23.0 Å². The Morgan fingerprint density at radius 3 is 2.79 bits per heavy atom. The number of aryl methyl sites for hydroxylation is 1. The number of hydrogen-bond donors (Lipinski definition) is 3. The fourth-order valence-electron chi connectivity index (χ4n) is 4.44. The van der Waals surface area contributed by atoms with Crippen LogP contribution in [0.2, 0.25) is 0 Å². The molecule has 148 valence electrons. The van der Waals surface area contributed by atoms with Gasteiger partial charge in [0.2, 0.25) is 5.56 Å². The van der Waals surface area contributed by atoms with Crippen molar-refractivity contribution in [2.45, 2.75) is 38.0 Å². The van der Waals surface area contributed by atoms with Gasteiger partial charge in [-0.25, -0.2) is 9.97 Å². The molecule has 2 aromatic rings. The van der Waals surface area contributed by atoms with E-state index in [2.05, 4.69) is 15.3 Å². The molecule has 2 aliphatic rings. The summed E-state index contributed by atoms with van der Waals surface area (Å²) in [6, 6.07) is 4.65. The van der Waals surface area contributed by atoms with E-state index in [4.69, 9.17) is 10.1 Å². The van der Waals surface area contributed by atoms with Gasteiger partial charge in [-0.1, -0.05) is 6.07 Å². The predicted molar refractivity (Wildman–Crippen MR) is 105 cm³/mol. The number of rotatable bonds is 4. The van der Waals surface area contributed by atoms with Crippen molar-refractivity contribution in [3.05, 3.63) is 51.3 Å². The standard InChI is InChI=1S/C20H25N5O3/c1-13-22-17-14(18(23-13)21-9-12-26)5-6-20(17)7-10-25(11-8-20)19(28)15-3-2-4-16(27)24-15/h2-4,26H,5-12H2,1H3,(H,24,27)(H,21,22,23). The van der Waals surface area contributed by atoms with E-state index < -0.39 is 0 Å². The first-order chi connectivity index (χ1) is 13.5. The largest absolute Gasteiger partial charge is 0.395 e. The highest BCUT2D eigenvalue weighted by Crippen LogP contribution is 2.47. The van der Waals surface area contributed by atoms with Crippen molar-refractivity contribution in [1.29, 1.82) is 0 Å². The molecule has 0 bridgehead atoms. The predicted octanol–water partition coefficient (Wildman–Crippen LogP) is 0.998. The number of carbonyl (C=O) groups excluding carboxylic acids is 1. The molecule has 3 heterocycles. The average Bonchev–Trinajstić information content (AvgIpc) is 3.04. The second-order valence-corrected chi connectivity index (χ2v) is 7.60. The van der Waals surface area contributed by atoms with E-state index in [0.29, 0.717) is 25.3 Å². The number of aliphatic hydroxyl groups excluding tert-OH is 1. The molecule has 1 aliphatic carbocycles. The van der Waals surface area contributed by atoms with E-state index in [1.807, 2.05) is 11.8 Å². The number of pyridine rings is 1. The summed E-state index contributed by atoms with van der Waals surface area (Å²) in [6.45, 7) is 3.69. The molecule has 0 saturated carbocycles. The van der Waals surface area contributed by atoms with Gasteiger partial charge in [-0.15, -0.1) is 0 Å².